The normalized spacial score (nSPS) is 45.6. The molecule has 82 valence electrons. The van der Waals surface area contributed by atoms with Crippen molar-refractivity contribution in [2.24, 2.45) is 5.92 Å². The van der Waals surface area contributed by atoms with Gasteiger partial charge in [-0.1, -0.05) is 6.92 Å². The Balaban J connectivity index is 1.85. The maximum absolute atomic E-state index is 9.66. The van der Waals surface area contributed by atoms with E-state index in [1.165, 1.54) is 0 Å². The largest absolute Gasteiger partial charge is 0.393 e. The van der Waals surface area contributed by atoms with E-state index in [1.807, 2.05) is 0 Å². The van der Waals surface area contributed by atoms with E-state index in [0.29, 0.717) is 12.0 Å². The summed E-state index contributed by atoms with van der Waals surface area (Å²) < 4.78 is 0. The summed E-state index contributed by atoms with van der Waals surface area (Å²) in [6.07, 6.45) is 3.86. The van der Waals surface area contributed by atoms with Crippen LogP contribution in [-0.2, 0) is 0 Å². The molecule has 1 aliphatic heterocycles. The molecule has 1 saturated carbocycles. The van der Waals surface area contributed by atoms with Crippen molar-refractivity contribution >= 4 is 0 Å². The average Bonchev–Trinajstić information content (AvgIpc) is 2.48. The zero-order valence-electron chi connectivity index (χ0n) is 8.89. The summed E-state index contributed by atoms with van der Waals surface area (Å²) in [4.78, 5) is 2.40. The smallest absolute Gasteiger partial charge is 0.0704 e. The molecule has 0 amide bonds. The minimum absolute atomic E-state index is 0.0730. The van der Waals surface area contributed by atoms with Crippen LogP contribution in [-0.4, -0.2) is 46.5 Å². The fourth-order valence-electron chi connectivity index (χ4n) is 2.71. The highest BCUT2D eigenvalue weighted by Gasteiger charge is 2.33. The number of hydrogen-bond acceptors (Lipinski definition) is 3. The molecule has 14 heavy (non-hydrogen) atoms. The number of likely N-dealkylation sites (tertiary alicyclic amines) is 1. The van der Waals surface area contributed by atoms with Crippen molar-refractivity contribution < 1.29 is 10.2 Å². The molecule has 0 aromatic heterocycles. The molecule has 2 fully saturated rings. The fourth-order valence-corrected chi connectivity index (χ4v) is 2.71. The van der Waals surface area contributed by atoms with Crippen LogP contribution in [0.2, 0.25) is 0 Å². The van der Waals surface area contributed by atoms with Gasteiger partial charge in [0, 0.05) is 19.1 Å². The van der Waals surface area contributed by atoms with Crippen LogP contribution < -0.4 is 0 Å². The van der Waals surface area contributed by atoms with Crippen LogP contribution in [0.5, 0.6) is 0 Å². The van der Waals surface area contributed by atoms with Crippen LogP contribution in [0.15, 0.2) is 0 Å². The fraction of sp³-hybridized carbons (Fsp3) is 1.00. The SMILES string of the molecule is CC1CN(C2CCC(O)CC2)CC1O. The molecular formula is C11H21NO2. The van der Waals surface area contributed by atoms with Crippen LogP contribution in [0.1, 0.15) is 32.6 Å². The van der Waals surface area contributed by atoms with E-state index in [9.17, 15) is 10.2 Å². The van der Waals surface area contributed by atoms with E-state index in [2.05, 4.69) is 11.8 Å². The lowest BCUT2D eigenvalue weighted by atomic mass is 9.92. The summed E-state index contributed by atoms with van der Waals surface area (Å²) in [5, 5.41) is 19.1. The Hall–Kier alpha value is -0.120. The van der Waals surface area contributed by atoms with E-state index in [4.69, 9.17) is 0 Å². The first-order valence-corrected chi connectivity index (χ1v) is 5.77. The van der Waals surface area contributed by atoms with E-state index < -0.39 is 0 Å². The number of β-amino-alcohol motifs (C(OH)–C–C–N with tert-alkyl or cyclic N) is 1. The van der Waals surface area contributed by atoms with Gasteiger partial charge in [0.15, 0.2) is 0 Å². The second-order valence-corrected chi connectivity index (χ2v) is 4.96. The highest BCUT2D eigenvalue weighted by molar-refractivity contribution is 4.87. The van der Waals surface area contributed by atoms with Crippen molar-refractivity contribution in [3.63, 3.8) is 0 Å². The Kier molecular flexibility index (Phi) is 3.10. The lowest BCUT2D eigenvalue weighted by Crippen LogP contribution is -2.38. The molecule has 0 spiro atoms. The monoisotopic (exact) mass is 199 g/mol. The van der Waals surface area contributed by atoms with Gasteiger partial charge in [0.05, 0.1) is 12.2 Å². The van der Waals surface area contributed by atoms with E-state index in [0.717, 1.165) is 38.8 Å². The van der Waals surface area contributed by atoms with Crippen molar-refractivity contribution in [2.45, 2.75) is 50.9 Å². The summed E-state index contributed by atoms with van der Waals surface area (Å²) in [5.74, 6) is 0.418. The third-order valence-corrected chi connectivity index (χ3v) is 3.78. The molecule has 1 saturated heterocycles. The Morgan fingerprint density at radius 2 is 1.64 bits per heavy atom. The van der Waals surface area contributed by atoms with Crippen LogP contribution >= 0.6 is 0 Å². The van der Waals surface area contributed by atoms with Crippen LogP contribution in [0.4, 0.5) is 0 Å². The Morgan fingerprint density at radius 1 is 1.00 bits per heavy atom. The average molecular weight is 199 g/mol. The molecule has 2 aliphatic rings. The standard InChI is InChI=1S/C11H21NO2/c1-8-6-12(7-11(8)14)9-2-4-10(13)5-3-9/h8-11,13-14H,2-7H2,1H3. The van der Waals surface area contributed by atoms with Gasteiger partial charge in [-0.15, -0.1) is 0 Å². The Morgan fingerprint density at radius 3 is 2.14 bits per heavy atom. The van der Waals surface area contributed by atoms with Crippen molar-refractivity contribution in [3.05, 3.63) is 0 Å². The maximum atomic E-state index is 9.66. The van der Waals surface area contributed by atoms with Crippen LogP contribution in [0.3, 0.4) is 0 Å². The topological polar surface area (TPSA) is 43.7 Å². The van der Waals surface area contributed by atoms with Crippen molar-refractivity contribution in [2.75, 3.05) is 13.1 Å². The molecule has 2 rings (SSSR count). The van der Waals surface area contributed by atoms with Gasteiger partial charge in [-0.2, -0.15) is 0 Å². The highest BCUT2D eigenvalue weighted by atomic mass is 16.3. The molecular weight excluding hydrogens is 178 g/mol. The second-order valence-electron chi connectivity index (χ2n) is 4.96. The minimum Gasteiger partial charge on any atom is -0.393 e. The number of aliphatic hydroxyl groups is 2. The molecule has 1 heterocycles. The van der Waals surface area contributed by atoms with Gasteiger partial charge < -0.3 is 10.2 Å². The molecule has 3 heteroatoms. The lowest BCUT2D eigenvalue weighted by molar-refractivity contribution is 0.0767. The summed E-state index contributed by atoms with van der Waals surface area (Å²) in [6.45, 7) is 3.98. The van der Waals surface area contributed by atoms with Gasteiger partial charge in [0.25, 0.3) is 0 Å². The summed E-state index contributed by atoms with van der Waals surface area (Å²) >= 11 is 0. The molecule has 2 unspecified atom stereocenters. The van der Waals surface area contributed by atoms with Gasteiger partial charge >= 0.3 is 0 Å². The minimum atomic E-state index is -0.137. The molecule has 0 aromatic carbocycles. The first kappa shape index (κ1) is 10.4. The molecule has 0 bridgehead atoms. The highest BCUT2D eigenvalue weighted by Crippen LogP contribution is 2.27. The molecule has 2 atom stereocenters. The third kappa shape index (κ3) is 2.10. The van der Waals surface area contributed by atoms with E-state index in [-0.39, 0.29) is 12.2 Å². The summed E-state index contributed by atoms with van der Waals surface area (Å²) in [7, 11) is 0. The van der Waals surface area contributed by atoms with Crippen molar-refractivity contribution in [1.29, 1.82) is 0 Å². The van der Waals surface area contributed by atoms with E-state index >= 15 is 0 Å². The van der Waals surface area contributed by atoms with Gasteiger partial charge in [0.1, 0.15) is 0 Å². The maximum Gasteiger partial charge on any atom is 0.0704 e. The Bertz CT molecular complexity index is 180. The quantitative estimate of drug-likeness (QED) is 0.650. The van der Waals surface area contributed by atoms with Gasteiger partial charge in [-0.25, -0.2) is 0 Å². The third-order valence-electron chi connectivity index (χ3n) is 3.78. The van der Waals surface area contributed by atoms with Crippen LogP contribution in [0.25, 0.3) is 0 Å². The van der Waals surface area contributed by atoms with Crippen molar-refractivity contribution in [1.82, 2.24) is 4.90 Å². The number of aliphatic hydroxyl groups excluding tert-OH is 2. The molecule has 0 radical (unpaired) electrons. The zero-order chi connectivity index (χ0) is 10.1. The summed E-state index contributed by atoms with van der Waals surface area (Å²) in [6, 6.07) is 0.609. The molecule has 3 nitrogen and oxygen atoms in total. The van der Waals surface area contributed by atoms with E-state index in [1.54, 1.807) is 0 Å². The molecule has 1 aliphatic carbocycles. The molecule has 0 aromatic rings. The van der Waals surface area contributed by atoms with Crippen LogP contribution in [0, 0.1) is 5.92 Å². The first-order valence-electron chi connectivity index (χ1n) is 5.77. The number of hydrogen-bond donors (Lipinski definition) is 2. The van der Waals surface area contributed by atoms with Gasteiger partial charge in [0.2, 0.25) is 0 Å². The molecule has 2 N–H and O–H groups in total. The van der Waals surface area contributed by atoms with Gasteiger partial charge in [-0.3, -0.25) is 4.90 Å². The summed E-state index contributed by atoms with van der Waals surface area (Å²) in [5.41, 5.74) is 0. The zero-order valence-corrected chi connectivity index (χ0v) is 8.89. The second kappa shape index (κ2) is 4.17. The lowest BCUT2D eigenvalue weighted by Gasteiger charge is -2.32. The Labute approximate surface area is 85.7 Å². The van der Waals surface area contributed by atoms with Crippen molar-refractivity contribution in [3.8, 4) is 0 Å². The number of nitrogens with zero attached hydrogens (tertiary/aromatic N) is 1. The predicted octanol–water partition coefficient (Wildman–Crippen LogP) is 0.602. The van der Waals surface area contributed by atoms with Gasteiger partial charge in [-0.05, 0) is 31.6 Å². The first-order chi connectivity index (χ1) is 6.66. The predicted molar refractivity (Wildman–Crippen MR) is 55.0 cm³/mol. The number of rotatable bonds is 1.